The van der Waals surface area contributed by atoms with Crippen LogP contribution in [0.15, 0.2) is 9.79 Å². The minimum Gasteiger partial charge on any atom is -0.394 e. The highest BCUT2D eigenvalue weighted by Gasteiger charge is 2.14. The number of aromatic amines is 1. The lowest BCUT2D eigenvalue weighted by atomic mass is 10.1. The van der Waals surface area contributed by atoms with Gasteiger partial charge >= 0.3 is 0 Å². The van der Waals surface area contributed by atoms with E-state index in [1.807, 2.05) is 0 Å². The first-order chi connectivity index (χ1) is 9.49. The molecule has 7 N–H and O–H groups in total. The van der Waals surface area contributed by atoms with Gasteiger partial charge in [0, 0.05) is 12.6 Å². The van der Waals surface area contributed by atoms with E-state index in [0.29, 0.717) is 0 Å². The van der Waals surface area contributed by atoms with E-state index >= 15 is 0 Å². The first kappa shape index (κ1) is 15.8. The second-order valence-corrected chi connectivity index (χ2v) is 3.78. The smallest absolute Gasteiger partial charge is 0.278 e. The molecule has 1 aromatic rings. The number of aliphatic hydroxyl groups excluding tert-OH is 3. The minimum atomic E-state index is -1.30. The molecule has 0 aromatic carbocycles. The number of amides is 1. The highest BCUT2D eigenvalue weighted by molar-refractivity contribution is 5.79. The Hall–Kier alpha value is -2.30. The molecule has 1 amide bonds. The number of nitrogens with two attached hydrogens (primary N) is 1. The highest BCUT2D eigenvalue weighted by Crippen LogP contribution is 2.17. The second kappa shape index (κ2) is 7.33. The van der Waals surface area contributed by atoms with Gasteiger partial charge in [0.15, 0.2) is 11.5 Å². The van der Waals surface area contributed by atoms with E-state index in [1.165, 1.54) is 6.21 Å². The second-order valence-electron chi connectivity index (χ2n) is 3.78. The predicted molar refractivity (Wildman–Crippen MR) is 70.8 cm³/mol. The molecule has 0 aliphatic carbocycles. The first-order valence-electron chi connectivity index (χ1n) is 5.59. The molecule has 0 bridgehead atoms. The van der Waals surface area contributed by atoms with Gasteiger partial charge in [0.25, 0.3) is 5.56 Å². The number of carbonyl (C=O) groups is 1. The molecule has 0 radical (unpaired) electrons. The molecule has 1 aromatic heterocycles. The summed E-state index contributed by atoms with van der Waals surface area (Å²) in [6.07, 6.45) is -1.14. The molecular weight excluding hydrogens is 270 g/mol. The van der Waals surface area contributed by atoms with Crippen molar-refractivity contribution in [2.45, 2.75) is 18.6 Å². The summed E-state index contributed by atoms with van der Waals surface area (Å²) in [6, 6.07) is 0. The average Bonchev–Trinajstić information content (AvgIpc) is 2.41. The number of aliphatic hydroxyl groups is 3. The summed E-state index contributed by atoms with van der Waals surface area (Å²) in [5.41, 5.74) is 4.48. The zero-order valence-electron chi connectivity index (χ0n) is 10.4. The van der Waals surface area contributed by atoms with E-state index in [-0.39, 0.29) is 30.3 Å². The van der Waals surface area contributed by atoms with Crippen LogP contribution in [-0.4, -0.2) is 56.7 Å². The molecule has 2 atom stereocenters. The van der Waals surface area contributed by atoms with Crippen LogP contribution in [0.5, 0.6) is 0 Å². The number of H-pyrrole nitrogens is 1. The number of aromatic nitrogens is 2. The van der Waals surface area contributed by atoms with Crippen LogP contribution in [0.2, 0.25) is 0 Å². The van der Waals surface area contributed by atoms with Crippen LogP contribution in [-0.2, 0) is 4.79 Å². The monoisotopic (exact) mass is 285 g/mol. The molecule has 110 valence electrons. The van der Waals surface area contributed by atoms with Crippen molar-refractivity contribution in [1.29, 1.82) is 0 Å². The highest BCUT2D eigenvalue weighted by atomic mass is 16.4. The zero-order valence-corrected chi connectivity index (χ0v) is 10.4. The molecule has 0 aliphatic heterocycles. The molecule has 1 heterocycles. The molecule has 0 saturated heterocycles. The third-order valence-electron chi connectivity index (χ3n) is 2.31. The molecule has 20 heavy (non-hydrogen) atoms. The molecular formula is C10H15N5O5. The van der Waals surface area contributed by atoms with Crippen molar-refractivity contribution in [2.24, 2.45) is 4.99 Å². The van der Waals surface area contributed by atoms with Crippen LogP contribution in [0.25, 0.3) is 0 Å². The summed E-state index contributed by atoms with van der Waals surface area (Å²) in [5.74, 6) is -0.321. The number of hydrogen-bond donors (Lipinski definition) is 6. The third-order valence-corrected chi connectivity index (χ3v) is 2.31. The lowest BCUT2D eigenvalue weighted by Gasteiger charge is -2.12. The molecule has 1 rings (SSSR count). The van der Waals surface area contributed by atoms with Gasteiger partial charge < -0.3 is 26.4 Å². The quantitative estimate of drug-likeness (QED) is 0.242. The number of hydrogen-bond acceptors (Lipinski definition) is 8. The van der Waals surface area contributed by atoms with Crippen LogP contribution >= 0.6 is 0 Å². The van der Waals surface area contributed by atoms with E-state index in [4.69, 9.17) is 15.9 Å². The van der Waals surface area contributed by atoms with E-state index < -0.39 is 24.4 Å². The van der Waals surface area contributed by atoms with Gasteiger partial charge in [-0.3, -0.25) is 14.6 Å². The van der Waals surface area contributed by atoms with Crippen LogP contribution in [0.4, 0.5) is 17.5 Å². The number of anilines is 2. The maximum atomic E-state index is 11.5. The molecule has 0 aliphatic rings. The molecule has 10 nitrogen and oxygen atoms in total. The Kier molecular flexibility index (Phi) is 5.77. The van der Waals surface area contributed by atoms with E-state index in [0.717, 1.165) is 0 Å². The Labute approximate surface area is 113 Å². The van der Waals surface area contributed by atoms with E-state index in [1.54, 1.807) is 0 Å². The van der Waals surface area contributed by atoms with Gasteiger partial charge in [-0.25, -0.2) is 4.99 Å². The van der Waals surface area contributed by atoms with Gasteiger partial charge in [-0.15, -0.1) is 0 Å². The Balaban J connectivity index is 2.91. The van der Waals surface area contributed by atoms with Gasteiger partial charge in [0.2, 0.25) is 12.4 Å². The maximum absolute atomic E-state index is 11.5. The Morgan fingerprint density at radius 3 is 2.75 bits per heavy atom. The van der Waals surface area contributed by atoms with Crippen LogP contribution in [0.1, 0.15) is 6.42 Å². The van der Waals surface area contributed by atoms with Gasteiger partial charge in [0.05, 0.1) is 12.7 Å². The summed E-state index contributed by atoms with van der Waals surface area (Å²) in [7, 11) is 0. The fraction of sp³-hybridized carbons (Fsp3) is 0.400. The van der Waals surface area contributed by atoms with Gasteiger partial charge in [-0.05, 0) is 0 Å². The van der Waals surface area contributed by atoms with E-state index in [2.05, 4.69) is 20.3 Å². The van der Waals surface area contributed by atoms with Crippen molar-refractivity contribution in [1.82, 2.24) is 9.97 Å². The Morgan fingerprint density at radius 1 is 1.45 bits per heavy atom. The van der Waals surface area contributed by atoms with Crippen molar-refractivity contribution >= 4 is 30.1 Å². The fourth-order valence-corrected chi connectivity index (χ4v) is 1.29. The molecule has 0 fully saturated rings. The molecule has 0 saturated carbocycles. The van der Waals surface area contributed by atoms with E-state index in [9.17, 15) is 14.7 Å². The summed E-state index contributed by atoms with van der Waals surface area (Å²) < 4.78 is 0. The third kappa shape index (κ3) is 4.12. The summed E-state index contributed by atoms with van der Waals surface area (Å²) in [5, 5.41) is 29.3. The maximum Gasteiger partial charge on any atom is 0.278 e. The number of rotatable bonds is 7. The van der Waals surface area contributed by atoms with Crippen molar-refractivity contribution < 1.29 is 20.1 Å². The van der Waals surface area contributed by atoms with Crippen molar-refractivity contribution in [3.05, 3.63) is 10.4 Å². The normalized spacial score (nSPS) is 14.2. The topological polar surface area (TPSA) is 174 Å². The van der Waals surface area contributed by atoms with Crippen molar-refractivity contribution in [3.63, 3.8) is 0 Å². The summed E-state index contributed by atoms with van der Waals surface area (Å²) >= 11 is 0. The van der Waals surface area contributed by atoms with Gasteiger partial charge in [0.1, 0.15) is 6.10 Å². The van der Waals surface area contributed by atoms with Gasteiger partial charge in [-0.1, -0.05) is 0 Å². The molecule has 0 spiro atoms. The Morgan fingerprint density at radius 2 is 2.15 bits per heavy atom. The number of nitrogen functional groups attached to an aromatic ring is 1. The van der Waals surface area contributed by atoms with Crippen LogP contribution < -0.4 is 16.6 Å². The van der Waals surface area contributed by atoms with Crippen molar-refractivity contribution in [3.8, 4) is 0 Å². The van der Waals surface area contributed by atoms with Crippen molar-refractivity contribution in [2.75, 3.05) is 17.7 Å². The molecule has 10 heteroatoms. The zero-order chi connectivity index (χ0) is 15.1. The number of carbonyl (C=O) groups excluding carboxylic acids is 1. The number of nitrogens with one attached hydrogen (secondary N) is 2. The predicted octanol–water partition coefficient (Wildman–Crippen LogP) is -2.27. The minimum absolute atomic E-state index is 0.0867. The standard InChI is InChI=1S/C10H15N5O5/c11-10-14-8(7(13-4-17)9(20)15-10)12-2-1-5(18)6(19)3-16/h2,4-6,16,18-19H,1,3H2,(H,13,17)(H3,11,14,15,20)/b12-2+/t5?,6-/m1/s1. The SMILES string of the molecule is Nc1nc(/N=C/CC(O)[C@H](O)CO)c(NC=O)c(=O)[nH]1. The lowest BCUT2D eigenvalue weighted by Crippen LogP contribution is -2.29. The summed E-state index contributed by atoms with van der Waals surface area (Å²) in [6.45, 7) is -0.594. The fourth-order valence-electron chi connectivity index (χ4n) is 1.29. The average molecular weight is 285 g/mol. The molecule has 1 unspecified atom stereocenters. The van der Waals surface area contributed by atoms with Crippen LogP contribution in [0, 0.1) is 0 Å². The lowest BCUT2D eigenvalue weighted by molar-refractivity contribution is -0.105. The Bertz CT molecular complexity index is 543. The first-order valence-corrected chi connectivity index (χ1v) is 5.59. The number of aliphatic imine (C=N–C) groups is 1. The summed E-state index contributed by atoms with van der Waals surface area (Å²) in [4.78, 5) is 31.6. The number of nitrogens with zero attached hydrogens (tertiary/aromatic N) is 2. The van der Waals surface area contributed by atoms with Crippen LogP contribution in [0.3, 0.4) is 0 Å². The van der Waals surface area contributed by atoms with Gasteiger partial charge in [-0.2, -0.15) is 4.98 Å². The largest absolute Gasteiger partial charge is 0.394 e.